The molecule has 1 heterocycles. The highest BCUT2D eigenvalue weighted by Gasteiger charge is 2.54. The fourth-order valence-electron chi connectivity index (χ4n) is 0.633. The molecule has 0 bridgehead atoms. The normalized spacial score (nSPS) is 12.6. The molecule has 1 aromatic rings. The molecule has 0 saturated heterocycles. The topological polar surface area (TPSA) is 34.1 Å². The van der Waals surface area contributed by atoms with Gasteiger partial charge in [-0.2, -0.15) is 22.4 Å². The van der Waals surface area contributed by atoms with E-state index < -0.39 is 12.0 Å². The summed E-state index contributed by atoms with van der Waals surface area (Å²) in [5.74, 6) is -4.26. The van der Waals surface area contributed by atoms with E-state index in [9.17, 15) is 17.6 Å². The lowest BCUT2D eigenvalue weighted by molar-refractivity contribution is -0.330. The van der Waals surface area contributed by atoms with Gasteiger partial charge in [-0.25, -0.2) is 0 Å². The van der Waals surface area contributed by atoms with Crippen LogP contribution in [0.1, 0.15) is 6.92 Å². The maximum Gasteiger partial charge on any atom is 0.439 e. The van der Waals surface area contributed by atoms with E-state index in [1.54, 1.807) is 5.48 Å². The zero-order chi connectivity index (χ0) is 11.5. The van der Waals surface area contributed by atoms with Gasteiger partial charge in [0.25, 0.3) is 0 Å². The summed E-state index contributed by atoms with van der Waals surface area (Å²) in [4.78, 5) is 7.23. The molecule has 0 spiro atoms. The van der Waals surface area contributed by atoms with Crippen molar-refractivity contribution in [2.75, 3.05) is 5.48 Å². The summed E-state index contributed by atoms with van der Waals surface area (Å²) in [6.07, 6.45) is -1.97. The van der Waals surface area contributed by atoms with E-state index in [0.29, 0.717) is 0 Å². The summed E-state index contributed by atoms with van der Waals surface area (Å²) in [6.45, 7) is 0.0707. The second-order valence-corrected chi connectivity index (χ2v) is 2.85. The van der Waals surface area contributed by atoms with Gasteiger partial charge in [-0.15, -0.1) is 0 Å². The lowest BCUT2D eigenvalue weighted by Crippen LogP contribution is -2.41. The monoisotopic (exact) mass is 224 g/mol. The van der Waals surface area contributed by atoms with Crippen molar-refractivity contribution in [1.29, 1.82) is 0 Å². The molecule has 1 rings (SSSR count). The van der Waals surface area contributed by atoms with Crippen LogP contribution in [-0.4, -0.2) is 17.0 Å². The predicted molar refractivity (Wildman–Crippen MR) is 44.5 cm³/mol. The second kappa shape index (κ2) is 4.01. The van der Waals surface area contributed by atoms with Gasteiger partial charge in [-0.05, 0) is 12.1 Å². The van der Waals surface area contributed by atoms with Crippen LogP contribution in [0.2, 0.25) is 0 Å². The van der Waals surface area contributed by atoms with E-state index in [0.717, 1.165) is 0 Å². The molecule has 3 nitrogen and oxygen atoms in total. The van der Waals surface area contributed by atoms with Crippen molar-refractivity contribution < 1.29 is 22.4 Å². The van der Waals surface area contributed by atoms with Crippen LogP contribution >= 0.6 is 0 Å². The Hall–Kier alpha value is -1.37. The van der Waals surface area contributed by atoms with E-state index in [-0.39, 0.29) is 12.6 Å². The molecular formula is C8H8F4N2O. The van der Waals surface area contributed by atoms with Gasteiger partial charge >= 0.3 is 12.0 Å². The summed E-state index contributed by atoms with van der Waals surface area (Å²) in [5.41, 5.74) is 1.83. The van der Waals surface area contributed by atoms with Crippen LogP contribution in [0, 0.1) is 0 Å². The number of hydrogen-bond donors (Lipinski definition) is 1. The van der Waals surface area contributed by atoms with Gasteiger partial charge in [0, 0.05) is 19.3 Å². The van der Waals surface area contributed by atoms with E-state index in [1.165, 1.54) is 24.5 Å². The van der Waals surface area contributed by atoms with E-state index in [1.807, 2.05) is 0 Å². The molecule has 0 amide bonds. The molecule has 0 aliphatic rings. The summed E-state index contributed by atoms with van der Waals surface area (Å²) in [7, 11) is 0. The predicted octanol–water partition coefficient (Wildman–Crippen LogP) is 2.67. The first-order chi connectivity index (χ1) is 6.83. The molecule has 15 heavy (non-hydrogen) atoms. The maximum atomic E-state index is 12.6. The average Bonchev–Trinajstić information content (AvgIpc) is 2.15. The number of rotatable bonds is 4. The molecule has 0 aromatic carbocycles. The van der Waals surface area contributed by atoms with Gasteiger partial charge in [-0.3, -0.25) is 10.5 Å². The molecule has 84 valence electrons. The number of alkyl halides is 4. The Morgan fingerprint density at radius 2 is 1.73 bits per heavy atom. The summed E-state index contributed by atoms with van der Waals surface area (Å²) in [6, 6.07) is 2.59. The summed E-state index contributed by atoms with van der Waals surface area (Å²) >= 11 is 0. The van der Waals surface area contributed by atoms with Crippen molar-refractivity contribution in [2.45, 2.75) is 19.0 Å². The Morgan fingerprint density at radius 1 is 1.20 bits per heavy atom. The Bertz CT molecular complexity index is 312. The van der Waals surface area contributed by atoms with Gasteiger partial charge in [-0.1, -0.05) is 0 Å². The highest BCUT2D eigenvalue weighted by Crippen LogP contribution is 2.34. The Kier molecular flexibility index (Phi) is 3.13. The largest absolute Gasteiger partial charge is 0.439 e. The van der Waals surface area contributed by atoms with Crippen LogP contribution in [0.5, 0.6) is 0 Å². The third-order valence-electron chi connectivity index (χ3n) is 1.49. The number of nitrogens with one attached hydrogen (secondary N) is 1. The van der Waals surface area contributed by atoms with E-state index in [4.69, 9.17) is 0 Å². The Labute approximate surface area is 83.0 Å². The first kappa shape index (κ1) is 11.7. The standard InChI is InChI=1S/C8H8F4N2O/c1-7(9,10)8(11,12)15-14-6-2-4-13-5-3-6/h2-5H,1H3,(H,13,14). The number of halogens is 4. The van der Waals surface area contributed by atoms with Crippen LogP contribution in [-0.2, 0) is 4.84 Å². The summed E-state index contributed by atoms with van der Waals surface area (Å²) < 4.78 is 49.7. The average molecular weight is 224 g/mol. The van der Waals surface area contributed by atoms with Crippen molar-refractivity contribution in [1.82, 2.24) is 4.98 Å². The number of anilines is 1. The van der Waals surface area contributed by atoms with Crippen LogP contribution in [0.15, 0.2) is 24.5 Å². The molecule has 7 heteroatoms. The molecule has 0 unspecified atom stereocenters. The molecule has 0 aliphatic heterocycles. The van der Waals surface area contributed by atoms with Crippen molar-refractivity contribution in [3.05, 3.63) is 24.5 Å². The highest BCUT2D eigenvalue weighted by molar-refractivity contribution is 5.38. The van der Waals surface area contributed by atoms with Gasteiger partial charge in [0.15, 0.2) is 0 Å². The maximum absolute atomic E-state index is 12.6. The molecule has 0 aliphatic carbocycles. The zero-order valence-electron chi connectivity index (χ0n) is 7.68. The lowest BCUT2D eigenvalue weighted by atomic mass is 10.4. The quantitative estimate of drug-likeness (QED) is 0.630. The molecular weight excluding hydrogens is 216 g/mol. The Morgan fingerprint density at radius 3 is 2.20 bits per heavy atom. The SMILES string of the molecule is CC(F)(F)C(F)(F)ONc1ccncc1. The van der Waals surface area contributed by atoms with Crippen LogP contribution in [0.25, 0.3) is 0 Å². The second-order valence-electron chi connectivity index (χ2n) is 2.85. The minimum absolute atomic E-state index is 0.0707. The number of nitrogens with zero attached hydrogens (tertiary/aromatic N) is 1. The minimum atomic E-state index is -4.57. The van der Waals surface area contributed by atoms with Crippen molar-refractivity contribution in [3.8, 4) is 0 Å². The highest BCUT2D eigenvalue weighted by atomic mass is 19.3. The lowest BCUT2D eigenvalue weighted by Gasteiger charge is -2.22. The van der Waals surface area contributed by atoms with Gasteiger partial charge in [0.1, 0.15) is 0 Å². The number of pyridine rings is 1. The molecule has 1 aromatic heterocycles. The van der Waals surface area contributed by atoms with E-state index >= 15 is 0 Å². The minimum Gasteiger partial charge on any atom is -0.265 e. The number of hydrogen-bond acceptors (Lipinski definition) is 3. The first-order valence-electron chi connectivity index (χ1n) is 3.92. The van der Waals surface area contributed by atoms with Gasteiger partial charge in [0.2, 0.25) is 0 Å². The van der Waals surface area contributed by atoms with Crippen LogP contribution in [0.3, 0.4) is 0 Å². The molecule has 0 fully saturated rings. The van der Waals surface area contributed by atoms with Crippen molar-refractivity contribution in [3.63, 3.8) is 0 Å². The molecule has 0 saturated carbocycles. The van der Waals surface area contributed by atoms with Crippen LogP contribution in [0.4, 0.5) is 23.2 Å². The van der Waals surface area contributed by atoms with Gasteiger partial charge < -0.3 is 0 Å². The van der Waals surface area contributed by atoms with Gasteiger partial charge in [0.05, 0.1) is 5.69 Å². The number of aromatic nitrogens is 1. The fraction of sp³-hybridized carbons (Fsp3) is 0.375. The van der Waals surface area contributed by atoms with E-state index in [2.05, 4.69) is 9.82 Å². The van der Waals surface area contributed by atoms with Crippen molar-refractivity contribution >= 4 is 5.69 Å². The third kappa shape index (κ3) is 3.05. The molecule has 0 radical (unpaired) electrons. The molecule has 0 atom stereocenters. The molecule has 1 N–H and O–H groups in total. The Balaban J connectivity index is 2.58. The van der Waals surface area contributed by atoms with Crippen LogP contribution < -0.4 is 5.48 Å². The van der Waals surface area contributed by atoms with Crippen molar-refractivity contribution in [2.24, 2.45) is 0 Å². The fourth-order valence-corrected chi connectivity index (χ4v) is 0.633. The smallest absolute Gasteiger partial charge is 0.265 e. The zero-order valence-corrected chi connectivity index (χ0v) is 7.68. The summed E-state index contributed by atoms with van der Waals surface area (Å²) in [5, 5.41) is 0. The third-order valence-corrected chi connectivity index (χ3v) is 1.49. The first-order valence-corrected chi connectivity index (χ1v) is 3.92.